The Morgan fingerprint density at radius 3 is 2.52 bits per heavy atom. The zero-order valence-electron chi connectivity index (χ0n) is 14.5. The van der Waals surface area contributed by atoms with Gasteiger partial charge in [0.05, 0.1) is 21.7 Å². The van der Waals surface area contributed by atoms with Crippen LogP contribution in [-0.4, -0.2) is 30.3 Å². The van der Waals surface area contributed by atoms with Gasteiger partial charge in [0.15, 0.2) is 6.10 Å². The van der Waals surface area contributed by atoms with E-state index in [0.717, 1.165) is 0 Å². The second kappa shape index (κ2) is 8.11. The van der Waals surface area contributed by atoms with Crippen molar-refractivity contribution in [2.24, 2.45) is 5.92 Å². The van der Waals surface area contributed by atoms with Crippen LogP contribution in [0.1, 0.15) is 23.7 Å². The summed E-state index contributed by atoms with van der Waals surface area (Å²) in [5.74, 6) is -1.79. The highest BCUT2D eigenvalue weighted by Crippen LogP contribution is 2.36. The van der Waals surface area contributed by atoms with Crippen LogP contribution < -0.4 is 4.90 Å². The number of esters is 1. The molecule has 0 radical (unpaired) electrons. The number of halogens is 2. The van der Waals surface area contributed by atoms with Crippen molar-refractivity contribution < 1.29 is 19.1 Å². The molecule has 1 aliphatic heterocycles. The fourth-order valence-electron chi connectivity index (χ4n) is 2.96. The number of hydrogen-bond donors (Lipinski definition) is 0. The van der Waals surface area contributed by atoms with Gasteiger partial charge in [0.25, 0.3) is 0 Å². The number of Topliss-reactive ketones (excluding diaryl/α,β-unsaturated/α-hetero) is 1. The van der Waals surface area contributed by atoms with E-state index in [2.05, 4.69) is 0 Å². The summed E-state index contributed by atoms with van der Waals surface area (Å²) in [6.45, 7) is 1.65. The summed E-state index contributed by atoms with van der Waals surface area (Å²) in [7, 11) is 0. The van der Waals surface area contributed by atoms with Gasteiger partial charge >= 0.3 is 5.97 Å². The van der Waals surface area contributed by atoms with Crippen LogP contribution in [0.3, 0.4) is 0 Å². The number of anilines is 1. The molecule has 0 unspecified atom stereocenters. The van der Waals surface area contributed by atoms with Crippen LogP contribution >= 0.6 is 23.2 Å². The van der Waals surface area contributed by atoms with Crippen molar-refractivity contribution in [3.63, 3.8) is 0 Å². The highest BCUT2D eigenvalue weighted by Gasteiger charge is 2.38. The number of nitrogens with zero attached hydrogens (tertiary/aromatic N) is 1. The third kappa shape index (κ3) is 4.15. The Kier molecular flexibility index (Phi) is 5.82. The molecule has 7 heteroatoms. The lowest BCUT2D eigenvalue weighted by atomic mass is 10.1. The van der Waals surface area contributed by atoms with Gasteiger partial charge in [-0.3, -0.25) is 14.4 Å². The number of carbonyl (C=O) groups is 3. The molecule has 0 N–H and O–H groups in total. The maximum Gasteiger partial charge on any atom is 0.312 e. The van der Waals surface area contributed by atoms with Crippen molar-refractivity contribution in [1.29, 1.82) is 0 Å². The van der Waals surface area contributed by atoms with Crippen LogP contribution in [-0.2, 0) is 14.3 Å². The number of amides is 1. The molecule has 1 saturated heterocycles. The molecular formula is C20H17Cl2NO4. The summed E-state index contributed by atoms with van der Waals surface area (Å²) in [5.41, 5.74) is 0.922. The molecule has 3 rings (SSSR count). The SMILES string of the molecule is C[C@H](OC(=O)[C@H]1CC(=O)N(c2cccc(Cl)c2Cl)C1)C(=O)c1ccccc1. The number of ether oxygens (including phenoxy) is 1. The van der Waals surface area contributed by atoms with Gasteiger partial charge in [0, 0.05) is 18.5 Å². The highest BCUT2D eigenvalue weighted by molar-refractivity contribution is 6.44. The Hall–Kier alpha value is -2.37. The number of ketones is 1. The molecule has 2 atom stereocenters. The summed E-state index contributed by atoms with van der Waals surface area (Å²) < 4.78 is 5.31. The molecule has 1 fully saturated rings. The van der Waals surface area contributed by atoms with Crippen LogP contribution in [0.25, 0.3) is 0 Å². The van der Waals surface area contributed by atoms with Crippen molar-refractivity contribution in [3.05, 3.63) is 64.1 Å². The van der Waals surface area contributed by atoms with E-state index in [9.17, 15) is 14.4 Å². The second-order valence-electron chi connectivity index (χ2n) is 6.29. The lowest BCUT2D eigenvalue weighted by molar-refractivity contribution is -0.151. The second-order valence-corrected chi connectivity index (χ2v) is 7.07. The van der Waals surface area contributed by atoms with Gasteiger partial charge in [0.1, 0.15) is 0 Å². The Morgan fingerprint density at radius 2 is 1.81 bits per heavy atom. The fourth-order valence-corrected chi connectivity index (χ4v) is 3.36. The van der Waals surface area contributed by atoms with Crippen LogP contribution in [0.15, 0.2) is 48.5 Å². The normalized spacial score (nSPS) is 17.7. The molecule has 1 heterocycles. The summed E-state index contributed by atoms with van der Waals surface area (Å²) in [5, 5.41) is 0.587. The molecule has 1 amide bonds. The molecule has 2 aromatic carbocycles. The van der Waals surface area contributed by atoms with Crippen LogP contribution in [0, 0.1) is 5.92 Å². The largest absolute Gasteiger partial charge is 0.454 e. The molecule has 0 saturated carbocycles. The molecular weight excluding hydrogens is 389 g/mol. The predicted molar refractivity (Wildman–Crippen MR) is 103 cm³/mol. The van der Waals surface area contributed by atoms with E-state index in [1.54, 1.807) is 48.5 Å². The van der Waals surface area contributed by atoms with Crippen LogP contribution in [0.5, 0.6) is 0 Å². The fraction of sp³-hybridized carbons (Fsp3) is 0.250. The molecule has 0 spiro atoms. The number of rotatable bonds is 5. The Morgan fingerprint density at radius 1 is 1.11 bits per heavy atom. The highest BCUT2D eigenvalue weighted by atomic mass is 35.5. The summed E-state index contributed by atoms with van der Waals surface area (Å²) in [4.78, 5) is 38.6. The smallest absolute Gasteiger partial charge is 0.312 e. The monoisotopic (exact) mass is 405 g/mol. The topological polar surface area (TPSA) is 63.7 Å². The number of hydrogen-bond acceptors (Lipinski definition) is 4. The van der Waals surface area contributed by atoms with Crippen molar-refractivity contribution in [1.82, 2.24) is 0 Å². The standard InChI is InChI=1S/C20H17Cl2NO4/c1-12(19(25)13-6-3-2-4-7-13)27-20(26)14-10-17(24)23(11-14)16-9-5-8-15(21)18(16)22/h2-9,12,14H,10-11H2,1H3/t12-,14-/m0/s1. The summed E-state index contributed by atoms with van der Waals surface area (Å²) in [6, 6.07) is 13.6. The summed E-state index contributed by atoms with van der Waals surface area (Å²) >= 11 is 12.2. The lowest BCUT2D eigenvalue weighted by Gasteiger charge is -2.19. The Bertz CT molecular complexity index is 885. The minimum absolute atomic E-state index is 0.00603. The quantitative estimate of drug-likeness (QED) is 0.553. The minimum Gasteiger partial charge on any atom is -0.454 e. The molecule has 1 aliphatic rings. The van der Waals surface area contributed by atoms with Crippen LogP contribution in [0.4, 0.5) is 5.69 Å². The van der Waals surface area contributed by atoms with Gasteiger partial charge in [-0.1, -0.05) is 59.6 Å². The van der Waals surface area contributed by atoms with Gasteiger partial charge in [-0.05, 0) is 19.1 Å². The predicted octanol–water partition coefficient (Wildman–Crippen LogP) is 4.16. The van der Waals surface area contributed by atoms with E-state index in [1.807, 2.05) is 0 Å². The van der Waals surface area contributed by atoms with Crippen molar-refractivity contribution in [3.8, 4) is 0 Å². The van der Waals surface area contributed by atoms with Gasteiger partial charge in [-0.2, -0.15) is 0 Å². The number of benzene rings is 2. The van der Waals surface area contributed by atoms with Crippen LogP contribution in [0.2, 0.25) is 10.0 Å². The van der Waals surface area contributed by atoms with Gasteiger partial charge in [-0.15, -0.1) is 0 Å². The first kappa shape index (κ1) is 19.4. The summed E-state index contributed by atoms with van der Waals surface area (Å²) in [6.07, 6.45) is -0.938. The number of carbonyl (C=O) groups excluding carboxylic acids is 3. The van der Waals surface area contributed by atoms with E-state index < -0.39 is 18.0 Å². The van der Waals surface area contributed by atoms with Crippen molar-refractivity contribution in [2.45, 2.75) is 19.4 Å². The first-order valence-corrected chi connectivity index (χ1v) is 9.18. The van der Waals surface area contributed by atoms with E-state index in [1.165, 1.54) is 11.8 Å². The first-order chi connectivity index (χ1) is 12.9. The third-order valence-electron chi connectivity index (χ3n) is 4.40. The third-order valence-corrected chi connectivity index (χ3v) is 5.21. The van der Waals surface area contributed by atoms with Crippen molar-refractivity contribution >= 4 is 46.5 Å². The van der Waals surface area contributed by atoms with E-state index in [-0.39, 0.29) is 29.7 Å². The first-order valence-electron chi connectivity index (χ1n) is 8.42. The molecule has 0 aliphatic carbocycles. The molecule has 140 valence electrons. The zero-order valence-corrected chi connectivity index (χ0v) is 16.0. The van der Waals surface area contributed by atoms with E-state index >= 15 is 0 Å². The minimum atomic E-state index is -0.932. The average Bonchev–Trinajstić information content (AvgIpc) is 3.05. The van der Waals surface area contributed by atoms with Gasteiger partial charge in [0.2, 0.25) is 11.7 Å². The van der Waals surface area contributed by atoms with E-state index in [0.29, 0.717) is 16.3 Å². The molecule has 5 nitrogen and oxygen atoms in total. The van der Waals surface area contributed by atoms with Gasteiger partial charge in [-0.25, -0.2) is 0 Å². The van der Waals surface area contributed by atoms with E-state index in [4.69, 9.17) is 27.9 Å². The Balaban J connectivity index is 1.67. The maximum absolute atomic E-state index is 12.5. The van der Waals surface area contributed by atoms with Gasteiger partial charge < -0.3 is 9.64 Å². The lowest BCUT2D eigenvalue weighted by Crippen LogP contribution is -2.30. The molecule has 27 heavy (non-hydrogen) atoms. The Labute approximate surface area is 166 Å². The molecule has 0 bridgehead atoms. The zero-order chi connectivity index (χ0) is 19.6. The van der Waals surface area contributed by atoms with Crippen molar-refractivity contribution in [2.75, 3.05) is 11.4 Å². The molecule has 2 aromatic rings. The molecule has 0 aromatic heterocycles. The maximum atomic E-state index is 12.5. The average molecular weight is 406 g/mol.